The summed E-state index contributed by atoms with van der Waals surface area (Å²) >= 11 is 0. The lowest BCUT2D eigenvalue weighted by Gasteiger charge is -2.01. The Morgan fingerprint density at radius 2 is 2.38 bits per heavy atom. The van der Waals surface area contributed by atoms with Gasteiger partial charge in [0.1, 0.15) is 5.69 Å². The van der Waals surface area contributed by atoms with Crippen LogP contribution in [0.4, 0.5) is 11.5 Å². The molecule has 0 spiro atoms. The van der Waals surface area contributed by atoms with Gasteiger partial charge in [0.25, 0.3) is 0 Å². The third-order valence-electron chi connectivity index (χ3n) is 2.35. The second-order valence-electron chi connectivity index (χ2n) is 3.48. The van der Waals surface area contributed by atoms with Crippen molar-refractivity contribution in [3.63, 3.8) is 0 Å². The van der Waals surface area contributed by atoms with Gasteiger partial charge in [0, 0.05) is 19.3 Å². The number of aromatic nitrogens is 2. The largest absolute Gasteiger partial charge is 0.396 e. The number of fused-ring (bicyclic) bond motifs is 1. The SMILES string of the molecule is Nc1c(NCC[CH]CO)nn2ccccc12. The second kappa shape index (κ2) is 4.85. The van der Waals surface area contributed by atoms with E-state index in [4.69, 9.17) is 10.8 Å². The predicted molar refractivity (Wildman–Crippen MR) is 64.1 cm³/mol. The molecule has 0 saturated carbocycles. The third kappa shape index (κ3) is 2.09. The van der Waals surface area contributed by atoms with Crippen molar-refractivity contribution in [2.24, 2.45) is 0 Å². The van der Waals surface area contributed by atoms with Gasteiger partial charge in [-0.15, -0.1) is 5.10 Å². The van der Waals surface area contributed by atoms with Gasteiger partial charge in [-0.3, -0.25) is 0 Å². The monoisotopic (exact) mass is 219 g/mol. The Kier molecular flexibility index (Phi) is 3.26. The number of unbranched alkanes of at least 4 members (excludes halogenated alkanes) is 1. The summed E-state index contributed by atoms with van der Waals surface area (Å²) in [5, 5.41) is 16.1. The van der Waals surface area contributed by atoms with Crippen molar-refractivity contribution < 1.29 is 5.11 Å². The molecule has 0 aliphatic carbocycles. The molecule has 85 valence electrons. The van der Waals surface area contributed by atoms with Crippen molar-refractivity contribution in [3.05, 3.63) is 30.8 Å². The molecule has 2 rings (SSSR count). The van der Waals surface area contributed by atoms with Crippen molar-refractivity contribution >= 4 is 17.0 Å². The van der Waals surface area contributed by atoms with Crippen LogP contribution in [0.1, 0.15) is 6.42 Å². The minimum absolute atomic E-state index is 0.0995. The summed E-state index contributed by atoms with van der Waals surface area (Å²) in [7, 11) is 0. The second-order valence-corrected chi connectivity index (χ2v) is 3.48. The van der Waals surface area contributed by atoms with E-state index in [1.165, 1.54) is 0 Å². The quantitative estimate of drug-likeness (QED) is 0.653. The number of nitrogens with two attached hydrogens (primary N) is 1. The van der Waals surface area contributed by atoms with Crippen molar-refractivity contribution in [2.45, 2.75) is 6.42 Å². The number of pyridine rings is 1. The normalized spacial score (nSPS) is 10.8. The highest BCUT2D eigenvalue weighted by atomic mass is 16.2. The zero-order valence-corrected chi connectivity index (χ0v) is 8.93. The first-order chi connectivity index (χ1) is 7.83. The Hall–Kier alpha value is -1.75. The highest BCUT2D eigenvalue weighted by Crippen LogP contribution is 2.22. The standard InChI is InChI=1S/C11H15N4O/c12-10-9-5-1-3-7-15(9)14-11(10)13-6-2-4-8-16/h1,3-5,7,16H,2,6,8,12H2,(H,13,14). The molecule has 0 unspecified atom stereocenters. The van der Waals surface area contributed by atoms with Crippen LogP contribution in [0, 0.1) is 6.42 Å². The van der Waals surface area contributed by atoms with Crippen LogP contribution in [0.2, 0.25) is 0 Å². The van der Waals surface area contributed by atoms with Gasteiger partial charge in [0.15, 0.2) is 5.82 Å². The molecular formula is C11H15N4O. The molecule has 0 atom stereocenters. The zero-order chi connectivity index (χ0) is 11.4. The van der Waals surface area contributed by atoms with Crippen LogP contribution in [0.25, 0.3) is 5.52 Å². The van der Waals surface area contributed by atoms with Crippen molar-refractivity contribution in [2.75, 3.05) is 24.2 Å². The molecule has 2 aromatic rings. The summed E-state index contributed by atoms with van der Waals surface area (Å²) < 4.78 is 1.74. The summed E-state index contributed by atoms with van der Waals surface area (Å²) in [5.41, 5.74) is 7.50. The van der Waals surface area contributed by atoms with Crippen molar-refractivity contribution in [1.29, 1.82) is 0 Å². The maximum absolute atomic E-state index is 8.60. The molecule has 0 aliphatic rings. The fraction of sp³-hybridized carbons (Fsp3) is 0.273. The highest BCUT2D eigenvalue weighted by molar-refractivity contribution is 5.80. The summed E-state index contributed by atoms with van der Waals surface area (Å²) in [6.07, 6.45) is 4.43. The lowest BCUT2D eigenvalue weighted by atomic mass is 10.3. The first-order valence-electron chi connectivity index (χ1n) is 5.22. The minimum atomic E-state index is 0.0995. The average molecular weight is 219 g/mol. The number of anilines is 2. The molecule has 2 aromatic heterocycles. The number of nitrogens with one attached hydrogen (secondary N) is 1. The summed E-state index contributed by atoms with van der Waals surface area (Å²) in [4.78, 5) is 0. The lowest BCUT2D eigenvalue weighted by Crippen LogP contribution is -2.05. The molecule has 4 N–H and O–H groups in total. The van der Waals surface area contributed by atoms with Gasteiger partial charge in [-0.1, -0.05) is 6.07 Å². The molecular weight excluding hydrogens is 204 g/mol. The van der Waals surface area contributed by atoms with Crippen LogP contribution in [0.15, 0.2) is 24.4 Å². The maximum Gasteiger partial charge on any atom is 0.172 e. The van der Waals surface area contributed by atoms with Crippen LogP contribution >= 0.6 is 0 Å². The third-order valence-corrected chi connectivity index (χ3v) is 2.35. The molecule has 0 fully saturated rings. The molecule has 0 aromatic carbocycles. The molecule has 0 amide bonds. The van der Waals surface area contributed by atoms with Crippen LogP contribution in [0.5, 0.6) is 0 Å². The van der Waals surface area contributed by atoms with Gasteiger partial charge in [0.2, 0.25) is 0 Å². The Balaban J connectivity index is 2.09. The van der Waals surface area contributed by atoms with Gasteiger partial charge >= 0.3 is 0 Å². The van der Waals surface area contributed by atoms with Gasteiger partial charge < -0.3 is 16.2 Å². The minimum Gasteiger partial charge on any atom is -0.396 e. The van der Waals surface area contributed by atoms with Gasteiger partial charge in [-0.05, 0) is 25.0 Å². The van der Waals surface area contributed by atoms with E-state index in [-0.39, 0.29) is 6.61 Å². The molecule has 1 radical (unpaired) electrons. The van der Waals surface area contributed by atoms with Crippen molar-refractivity contribution in [1.82, 2.24) is 9.61 Å². The Labute approximate surface area is 93.9 Å². The van der Waals surface area contributed by atoms with Gasteiger partial charge in [-0.25, -0.2) is 4.52 Å². The van der Waals surface area contributed by atoms with Crippen LogP contribution in [0.3, 0.4) is 0 Å². The number of hydrogen-bond acceptors (Lipinski definition) is 4. The van der Waals surface area contributed by atoms with E-state index >= 15 is 0 Å². The lowest BCUT2D eigenvalue weighted by molar-refractivity contribution is 0.324. The van der Waals surface area contributed by atoms with Crippen LogP contribution in [-0.4, -0.2) is 27.9 Å². The van der Waals surface area contributed by atoms with E-state index in [9.17, 15) is 0 Å². The van der Waals surface area contributed by atoms with Crippen LogP contribution < -0.4 is 11.1 Å². The maximum atomic E-state index is 8.60. The number of hydrogen-bond donors (Lipinski definition) is 3. The van der Waals surface area contributed by atoms with E-state index in [0.29, 0.717) is 18.1 Å². The molecule has 0 aliphatic heterocycles. The molecule has 5 heteroatoms. The van der Waals surface area contributed by atoms with Crippen LogP contribution in [-0.2, 0) is 0 Å². The molecule has 5 nitrogen and oxygen atoms in total. The van der Waals surface area contributed by atoms with Crippen molar-refractivity contribution in [3.8, 4) is 0 Å². The molecule has 0 bridgehead atoms. The van der Waals surface area contributed by atoms with Gasteiger partial charge in [0.05, 0.1) is 5.52 Å². The Bertz CT molecular complexity index is 466. The average Bonchev–Trinajstić information content (AvgIpc) is 2.63. The number of aliphatic hydroxyl groups excluding tert-OH is 1. The summed E-state index contributed by atoms with van der Waals surface area (Å²) in [6.45, 7) is 0.816. The Morgan fingerprint density at radius 1 is 1.50 bits per heavy atom. The molecule has 0 saturated heterocycles. The first kappa shape index (κ1) is 10.8. The first-order valence-corrected chi connectivity index (χ1v) is 5.22. The Morgan fingerprint density at radius 3 is 3.12 bits per heavy atom. The molecule has 2 heterocycles. The number of nitrogen functional groups attached to an aromatic ring is 1. The zero-order valence-electron chi connectivity index (χ0n) is 8.93. The fourth-order valence-electron chi connectivity index (χ4n) is 1.53. The van der Waals surface area contributed by atoms with E-state index < -0.39 is 0 Å². The van der Waals surface area contributed by atoms with E-state index in [0.717, 1.165) is 11.9 Å². The topological polar surface area (TPSA) is 75.6 Å². The van der Waals surface area contributed by atoms with E-state index in [1.807, 2.05) is 24.4 Å². The number of rotatable bonds is 5. The summed E-state index contributed by atoms with van der Waals surface area (Å²) in [6, 6.07) is 5.76. The van der Waals surface area contributed by atoms with Gasteiger partial charge in [-0.2, -0.15) is 0 Å². The summed E-state index contributed by atoms with van der Waals surface area (Å²) in [5.74, 6) is 0.692. The smallest absolute Gasteiger partial charge is 0.172 e. The number of aliphatic hydroxyl groups is 1. The highest BCUT2D eigenvalue weighted by Gasteiger charge is 2.07. The van der Waals surface area contributed by atoms with E-state index in [1.54, 1.807) is 10.9 Å². The fourth-order valence-corrected chi connectivity index (χ4v) is 1.53. The van der Waals surface area contributed by atoms with E-state index in [2.05, 4.69) is 10.4 Å². The molecule has 16 heavy (non-hydrogen) atoms. The predicted octanol–water partition coefficient (Wildman–Crippen LogP) is 0.915. The number of nitrogens with zero attached hydrogens (tertiary/aromatic N) is 2.